The van der Waals surface area contributed by atoms with Gasteiger partial charge < -0.3 is 24.0 Å². The lowest BCUT2D eigenvalue weighted by atomic mass is 10.1. The maximum atomic E-state index is 13.6. The standard InChI is InChI=1S/C30H33FN2O4/c31-26-4-1-3-24(19-26)22-37-28-12-6-23(7-13-28)20-33(21-29-5-2-16-36-29)30(34)25-8-10-27(11-9-25)32-14-17-35-18-15-32/h1,3-4,6-13,19,29H,2,5,14-18,20-22H2. The van der Waals surface area contributed by atoms with Crippen LogP contribution in [0, 0.1) is 5.82 Å². The second-order valence-electron chi connectivity index (χ2n) is 9.53. The van der Waals surface area contributed by atoms with Gasteiger partial charge in [-0.2, -0.15) is 0 Å². The van der Waals surface area contributed by atoms with Crippen LogP contribution in [0.15, 0.2) is 72.8 Å². The van der Waals surface area contributed by atoms with Crippen LogP contribution >= 0.6 is 0 Å². The molecule has 2 aliphatic heterocycles. The highest BCUT2D eigenvalue weighted by molar-refractivity contribution is 5.94. The van der Waals surface area contributed by atoms with Crippen molar-refractivity contribution in [1.82, 2.24) is 4.90 Å². The van der Waals surface area contributed by atoms with Crippen LogP contribution in [-0.4, -0.2) is 56.4 Å². The lowest BCUT2D eigenvalue weighted by Gasteiger charge is -2.29. The summed E-state index contributed by atoms with van der Waals surface area (Å²) in [7, 11) is 0. The summed E-state index contributed by atoms with van der Waals surface area (Å²) in [5, 5.41) is 0. The molecule has 0 saturated carbocycles. The number of carbonyl (C=O) groups is 1. The van der Waals surface area contributed by atoms with E-state index < -0.39 is 0 Å². The van der Waals surface area contributed by atoms with Gasteiger partial charge in [0.2, 0.25) is 0 Å². The van der Waals surface area contributed by atoms with Crippen molar-refractivity contribution in [3.05, 3.63) is 95.3 Å². The molecule has 2 saturated heterocycles. The molecule has 1 amide bonds. The van der Waals surface area contributed by atoms with Crippen molar-refractivity contribution >= 4 is 11.6 Å². The topological polar surface area (TPSA) is 51.2 Å². The second kappa shape index (κ2) is 12.2. The van der Waals surface area contributed by atoms with Crippen molar-refractivity contribution < 1.29 is 23.4 Å². The molecular weight excluding hydrogens is 471 g/mol. The number of hydrogen-bond acceptors (Lipinski definition) is 5. The predicted octanol–water partition coefficient (Wildman–Crippen LogP) is 5.06. The first-order valence-corrected chi connectivity index (χ1v) is 12.9. The predicted molar refractivity (Wildman–Crippen MR) is 140 cm³/mol. The number of anilines is 1. The van der Waals surface area contributed by atoms with Crippen LogP contribution in [0.2, 0.25) is 0 Å². The minimum absolute atomic E-state index is 0.00421. The Kier molecular flexibility index (Phi) is 8.33. The molecule has 5 rings (SSSR count). The summed E-state index contributed by atoms with van der Waals surface area (Å²) in [5.41, 5.74) is 3.57. The van der Waals surface area contributed by atoms with Crippen LogP contribution in [0.1, 0.15) is 34.3 Å². The van der Waals surface area contributed by atoms with Crippen LogP contribution in [0.5, 0.6) is 5.75 Å². The van der Waals surface area contributed by atoms with E-state index in [1.54, 1.807) is 6.07 Å². The molecule has 0 aromatic heterocycles. The Hall–Kier alpha value is -3.42. The SMILES string of the molecule is O=C(c1ccc(N2CCOCC2)cc1)N(Cc1ccc(OCc2cccc(F)c2)cc1)CC1CCCO1. The van der Waals surface area contributed by atoms with E-state index in [0.717, 1.165) is 62.6 Å². The fourth-order valence-electron chi connectivity index (χ4n) is 4.78. The molecule has 194 valence electrons. The van der Waals surface area contributed by atoms with Crippen molar-refractivity contribution in [1.29, 1.82) is 0 Å². The smallest absolute Gasteiger partial charge is 0.254 e. The van der Waals surface area contributed by atoms with Crippen LogP contribution in [0.3, 0.4) is 0 Å². The van der Waals surface area contributed by atoms with Gasteiger partial charge in [0.05, 0.1) is 19.3 Å². The van der Waals surface area contributed by atoms with Gasteiger partial charge in [-0.1, -0.05) is 24.3 Å². The third-order valence-corrected chi connectivity index (χ3v) is 6.82. The van der Waals surface area contributed by atoms with E-state index in [-0.39, 0.29) is 17.8 Å². The van der Waals surface area contributed by atoms with Crippen molar-refractivity contribution in [3.8, 4) is 5.75 Å². The molecule has 3 aromatic rings. The summed E-state index contributed by atoms with van der Waals surface area (Å²) >= 11 is 0. The highest BCUT2D eigenvalue weighted by Crippen LogP contribution is 2.22. The van der Waals surface area contributed by atoms with E-state index in [4.69, 9.17) is 14.2 Å². The normalized spacial score (nSPS) is 17.5. The first-order chi connectivity index (χ1) is 18.1. The van der Waals surface area contributed by atoms with E-state index in [1.807, 2.05) is 59.5 Å². The Balaban J connectivity index is 1.24. The van der Waals surface area contributed by atoms with Crippen LogP contribution in [0.25, 0.3) is 0 Å². The van der Waals surface area contributed by atoms with Gasteiger partial charge in [-0.3, -0.25) is 4.79 Å². The second-order valence-corrected chi connectivity index (χ2v) is 9.53. The highest BCUT2D eigenvalue weighted by atomic mass is 19.1. The van der Waals surface area contributed by atoms with Crippen LogP contribution in [-0.2, 0) is 22.6 Å². The largest absolute Gasteiger partial charge is 0.489 e. The van der Waals surface area contributed by atoms with E-state index >= 15 is 0 Å². The first kappa shape index (κ1) is 25.2. The van der Waals surface area contributed by atoms with Gasteiger partial charge in [-0.15, -0.1) is 0 Å². The average Bonchev–Trinajstić information content (AvgIpc) is 3.46. The number of nitrogens with zero attached hydrogens (tertiary/aromatic N) is 2. The third kappa shape index (κ3) is 6.87. The minimum Gasteiger partial charge on any atom is -0.489 e. The molecule has 2 aliphatic rings. The Morgan fingerprint density at radius 2 is 1.76 bits per heavy atom. The molecule has 0 radical (unpaired) electrons. The number of ether oxygens (including phenoxy) is 3. The van der Waals surface area contributed by atoms with Gasteiger partial charge in [0.25, 0.3) is 5.91 Å². The lowest BCUT2D eigenvalue weighted by molar-refractivity contribution is 0.0507. The zero-order valence-corrected chi connectivity index (χ0v) is 21.0. The van der Waals surface area contributed by atoms with Crippen LogP contribution < -0.4 is 9.64 Å². The monoisotopic (exact) mass is 504 g/mol. The zero-order chi connectivity index (χ0) is 25.5. The van der Waals surface area contributed by atoms with Crippen molar-refractivity contribution in [2.45, 2.75) is 32.1 Å². The molecule has 2 fully saturated rings. The summed E-state index contributed by atoms with van der Waals surface area (Å²) in [6.07, 6.45) is 2.05. The molecule has 37 heavy (non-hydrogen) atoms. The van der Waals surface area contributed by atoms with Gasteiger partial charge >= 0.3 is 0 Å². The van der Waals surface area contributed by atoms with E-state index in [0.29, 0.717) is 31.0 Å². The van der Waals surface area contributed by atoms with Gasteiger partial charge in [0, 0.05) is 44.0 Å². The van der Waals surface area contributed by atoms with Crippen molar-refractivity contribution in [2.24, 2.45) is 0 Å². The van der Waals surface area contributed by atoms with E-state index in [1.165, 1.54) is 12.1 Å². The molecule has 0 aliphatic carbocycles. The van der Waals surface area contributed by atoms with E-state index in [2.05, 4.69) is 4.90 Å². The number of carbonyl (C=O) groups excluding carboxylic acids is 1. The average molecular weight is 505 g/mol. The Bertz CT molecular complexity index is 1160. The number of amides is 1. The molecule has 7 heteroatoms. The molecule has 1 unspecified atom stereocenters. The van der Waals surface area contributed by atoms with Crippen molar-refractivity contribution in [2.75, 3.05) is 44.4 Å². The summed E-state index contributed by atoms with van der Waals surface area (Å²) in [6.45, 7) is 5.26. The number of hydrogen-bond donors (Lipinski definition) is 0. The first-order valence-electron chi connectivity index (χ1n) is 12.9. The summed E-state index contributed by atoms with van der Waals surface area (Å²) < 4.78 is 30.5. The fraction of sp³-hybridized carbons (Fsp3) is 0.367. The molecule has 6 nitrogen and oxygen atoms in total. The van der Waals surface area contributed by atoms with Gasteiger partial charge in [0.15, 0.2) is 0 Å². The Labute approximate surface area is 217 Å². The van der Waals surface area contributed by atoms with Gasteiger partial charge in [-0.05, 0) is 72.5 Å². The summed E-state index contributed by atoms with van der Waals surface area (Å²) in [5.74, 6) is 0.419. The van der Waals surface area contributed by atoms with Crippen molar-refractivity contribution in [3.63, 3.8) is 0 Å². The maximum absolute atomic E-state index is 13.6. The Morgan fingerprint density at radius 1 is 0.973 bits per heavy atom. The number of benzene rings is 3. The number of rotatable bonds is 9. The molecule has 0 bridgehead atoms. The molecule has 2 heterocycles. The molecule has 0 spiro atoms. The zero-order valence-electron chi connectivity index (χ0n) is 21.0. The summed E-state index contributed by atoms with van der Waals surface area (Å²) in [6, 6.07) is 22.0. The quantitative estimate of drug-likeness (QED) is 0.408. The van der Waals surface area contributed by atoms with Crippen LogP contribution in [0.4, 0.5) is 10.1 Å². The highest BCUT2D eigenvalue weighted by Gasteiger charge is 2.24. The van der Waals surface area contributed by atoms with Gasteiger partial charge in [-0.25, -0.2) is 4.39 Å². The number of halogens is 1. The fourth-order valence-corrected chi connectivity index (χ4v) is 4.78. The molecule has 3 aromatic carbocycles. The maximum Gasteiger partial charge on any atom is 0.254 e. The minimum atomic E-state index is -0.275. The number of morpholine rings is 1. The third-order valence-electron chi connectivity index (χ3n) is 6.82. The summed E-state index contributed by atoms with van der Waals surface area (Å²) in [4.78, 5) is 17.7. The lowest BCUT2D eigenvalue weighted by Crippen LogP contribution is -2.37. The molecular formula is C30H33FN2O4. The van der Waals surface area contributed by atoms with Gasteiger partial charge in [0.1, 0.15) is 18.2 Å². The Morgan fingerprint density at radius 3 is 2.46 bits per heavy atom. The van der Waals surface area contributed by atoms with E-state index in [9.17, 15) is 9.18 Å². The molecule has 1 atom stereocenters. The molecule has 0 N–H and O–H groups in total.